The fourth-order valence-corrected chi connectivity index (χ4v) is 5.93. The van der Waals surface area contributed by atoms with Crippen molar-refractivity contribution in [1.29, 1.82) is 0 Å². The van der Waals surface area contributed by atoms with Gasteiger partial charge in [-0.05, 0) is 43.2 Å². The van der Waals surface area contributed by atoms with Crippen LogP contribution in [-0.2, 0) is 32.5 Å². The van der Waals surface area contributed by atoms with Crippen molar-refractivity contribution in [2.75, 3.05) is 38.0 Å². The van der Waals surface area contributed by atoms with Gasteiger partial charge in [0, 0.05) is 19.8 Å². The van der Waals surface area contributed by atoms with Crippen LogP contribution < -0.4 is 20.1 Å². The molecule has 1 aromatic carbocycles. The minimum atomic E-state index is -4.87. The lowest BCUT2D eigenvalue weighted by molar-refractivity contribution is -0.590. The van der Waals surface area contributed by atoms with Gasteiger partial charge in [0.15, 0.2) is 0 Å². The molecule has 0 saturated carbocycles. The molecule has 3 aromatic rings. The average molecular weight is 597 g/mol. The second kappa shape index (κ2) is 11.9. The van der Waals surface area contributed by atoms with E-state index in [4.69, 9.17) is 13.8 Å². The maximum atomic E-state index is 13.9. The number of anilines is 4. The molecular weight excluding hydrogens is 568 g/mol. The van der Waals surface area contributed by atoms with E-state index >= 15 is 0 Å². The number of carbonyl (C=O) groups excluding carboxylic acids is 1. The van der Waals surface area contributed by atoms with Crippen LogP contribution in [0.15, 0.2) is 36.7 Å². The van der Waals surface area contributed by atoms with Crippen LogP contribution in [0.1, 0.15) is 40.9 Å². The van der Waals surface area contributed by atoms with E-state index in [0.29, 0.717) is 23.0 Å². The smallest absolute Gasteiger partial charge is 0.423 e. The second-order valence-corrected chi connectivity index (χ2v) is 10.9. The molecule has 1 amide bonds. The molecule has 0 atom stereocenters. The molecule has 41 heavy (non-hydrogen) atoms. The molecule has 0 spiro atoms. The number of amides is 1. The van der Waals surface area contributed by atoms with E-state index in [-0.39, 0.29) is 53.7 Å². The number of rotatable bonds is 11. The van der Waals surface area contributed by atoms with Gasteiger partial charge in [-0.1, -0.05) is 6.07 Å². The molecule has 1 aliphatic heterocycles. The summed E-state index contributed by atoms with van der Waals surface area (Å²) in [6, 6.07) is 6.18. The summed E-state index contributed by atoms with van der Waals surface area (Å²) in [5.74, 6) is -1.64. The molecule has 0 aliphatic carbocycles. The van der Waals surface area contributed by atoms with Crippen LogP contribution in [0.2, 0.25) is 0 Å². The number of alkyl halides is 3. The first kappa shape index (κ1) is 30.0. The Labute approximate surface area is 233 Å². The number of halogens is 3. The molecule has 2 N–H and O–H groups in total. The molecule has 16 heteroatoms. The maximum Gasteiger partial charge on any atom is 0.423 e. The first-order chi connectivity index (χ1) is 19.4. The molecule has 0 bridgehead atoms. The summed E-state index contributed by atoms with van der Waals surface area (Å²) in [7, 11) is -0.507. The molecule has 0 radical (unpaired) electrons. The lowest BCUT2D eigenvalue weighted by Crippen LogP contribution is -2.32. The van der Waals surface area contributed by atoms with Gasteiger partial charge >= 0.3 is 13.8 Å². The van der Waals surface area contributed by atoms with Crippen LogP contribution in [0.25, 0.3) is 0 Å². The van der Waals surface area contributed by atoms with Crippen molar-refractivity contribution in [2.45, 2.75) is 32.7 Å². The largest absolute Gasteiger partial charge is 0.711 e. The Hall–Kier alpha value is -3.94. The highest BCUT2D eigenvalue weighted by Crippen LogP contribution is 2.51. The Bertz CT molecular complexity index is 1500. The third-order valence-electron chi connectivity index (χ3n) is 6.03. The molecule has 1 aliphatic rings. The summed E-state index contributed by atoms with van der Waals surface area (Å²) in [5.41, 5.74) is 0.0576. The van der Waals surface area contributed by atoms with E-state index in [1.54, 1.807) is 32.0 Å². The Balaban J connectivity index is 1.68. The summed E-state index contributed by atoms with van der Waals surface area (Å²) in [4.78, 5) is 21.7. The molecule has 4 rings (SSSR count). The van der Waals surface area contributed by atoms with Crippen molar-refractivity contribution >= 4 is 36.8 Å². The zero-order valence-electron chi connectivity index (χ0n) is 22.6. The summed E-state index contributed by atoms with van der Waals surface area (Å²) in [6.45, 7) is 3.99. The number of ether oxygens (including phenoxy) is 1. The zero-order chi connectivity index (χ0) is 29.9. The van der Waals surface area contributed by atoms with Gasteiger partial charge in [0.1, 0.15) is 16.9 Å². The van der Waals surface area contributed by atoms with Crippen molar-refractivity contribution in [1.82, 2.24) is 14.9 Å². The second-order valence-electron chi connectivity index (χ2n) is 8.89. The number of hydrogen-bond acceptors (Lipinski definition) is 10. The molecule has 0 fully saturated rings. The zero-order valence-corrected chi connectivity index (χ0v) is 23.5. The van der Waals surface area contributed by atoms with Gasteiger partial charge < -0.3 is 29.2 Å². The standard InChI is InChI=1S/C25H28F3N6O6P/c1-5-39-41(37,40-6-2)14-15-7-8-18(19(11-15)38-4)30-24-29-12-17(25(26,27)28)21(32-24)31-22-20-16(9-10-34(22)36)13-33(3)23(20)35/h7-12H,5-6,13-14H2,1-4H3,(H2,29,30,31,32). The number of aromatic nitrogens is 3. The number of fused-ring (bicyclic) bond motifs is 1. The van der Waals surface area contributed by atoms with Crippen LogP contribution in [-0.4, -0.2) is 48.1 Å². The summed E-state index contributed by atoms with van der Waals surface area (Å²) in [6.07, 6.45) is -3.24. The van der Waals surface area contributed by atoms with Gasteiger partial charge in [-0.25, -0.2) is 15.0 Å². The van der Waals surface area contributed by atoms with Crippen molar-refractivity contribution in [3.8, 4) is 5.75 Å². The van der Waals surface area contributed by atoms with Gasteiger partial charge in [0.2, 0.25) is 11.8 Å². The van der Waals surface area contributed by atoms with Gasteiger partial charge in [-0.3, -0.25) is 9.36 Å². The van der Waals surface area contributed by atoms with Crippen molar-refractivity contribution in [2.24, 2.45) is 0 Å². The molecule has 2 aromatic heterocycles. The molecule has 12 nitrogen and oxygen atoms in total. The predicted molar refractivity (Wildman–Crippen MR) is 142 cm³/mol. The lowest BCUT2D eigenvalue weighted by atomic mass is 10.1. The molecule has 0 unspecified atom stereocenters. The SMILES string of the molecule is CCOP(=O)(Cc1ccc(Nc2ncc(C(F)(F)F)c(Nc3c4c(cc[n+]3[O-])CN(C)C4=O)n2)c(OC)c1)OCC. The van der Waals surface area contributed by atoms with Crippen molar-refractivity contribution in [3.05, 3.63) is 64.1 Å². The number of carbonyl (C=O) groups is 1. The average Bonchev–Trinajstić information content (AvgIpc) is 3.19. The van der Waals surface area contributed by atoms with Gasteiger partial charge in [0.05, 0.1) is 38.4 Å². The van der Waals surface area contributed by atoms with Crippen LogP contribution in [0.5, 0.6) is 5.75 Å². The molecule has 220 valence electrons. The Morgan fingerprint density at radius 3 is 2.51 bits per heavy atom. The van der Waals surface area contributed by atoms with E-state index in [9.17, 15) is 27.7 Å². The first-order valence-electron chi connectivity index (χ1n) is 12.4. The highest BCUT2D eigenvalue weighted by atomic mass is 31.2. The predicted octanol–water partition coefficient (Wildman–Crippen LogP) is 4.98. The third kappa shape index (κ3) is 6.53. The Kier molecular flexibility index (Phi) is 8.71. The normalized spacial score (nSPS) is 13.3. The number of nitrogens with one attached hydrogen (secondary N) is 2. The van der Waals surface area contributed by atoms with Crippen molar-refractivity contribution < 1.29 is 41.0 Å². The molecule has 3 heterocycles. The number of hydrogen-bond donors (Lipinski definition) is 2. The van der Waals surface area contributed by atoms with E-state index in [0.717, 1.165) is 6.20 Å². The molecule has 0 saturated heterocycles. The Morgan fingerprint density at radius 1 is 1.17 bits per heavy atom. The fourth-order valence-electron chi connectivity index (χ4n) is 4.24. The van der Waals surface area contributed by atoms with Crippen molar-refractivity contribution in [3.63, 3.8) is 0 Å². The summed E-state index contributed by atoms with van der Waals surface area (Å²) in [5, 5.41) is 17.8. The first-order valence-corrected chi connectivity index (χ1v) is 14.2. The number of methoxy groups -OCH3 is 1. The van der Waals surface area contributed by atoms with Crippen LogP contribution in [0.3, 0.4) is 0 Å². The van der Waals surface area contributed by atoms with Crippen LogP contribution >= 0.6 is 7.60 Å². The summed E-state index contributed by atoms with van der Waals surface area (Å²) >= 11 is 0. The summed E-state index contributed by atoms with van der Waals surface area (Å²) < 4.78 is 70.9. The van der Waals surface area contributed by atoms with E-state index < -0.39 is 31.1 Å². The lowest BCUT2D eigenvalue weighted by Gasteiger charge is -2.18. The van der Waals surface area contributed by atoms with Gasteiger partial charge in [-0.15, -0.1) is 0 Å². The fraction of sp³-hybridized carbons (Fsp3) is 0.360. The highest BCUT2D eigenvalue weighted by Gasteiger charge is 2.39. The minimum absolute atomic E-state index is 0.0271. The number of benzene rings is 1. The van der Waals surface area contributed by atoms with E-state index in [1.165, 1.54) is 25.1 Å². The topological polar surface area (TPSA) is 142 Å². The monoisotopic (exact) mass is 596 g/mol. The maximum absolute atomic E-state index is 13.9. The number of pyridine rings is 1. The highest BCUT2D eigenvalue weighted by molar-refractivity contribution is 7.53. The number of nitrogens with zero attached hydrogens (tertiary/aromatic N) is 4. The minimum Gasteiger partial charge on any atom is -0.711 e. The van der Waals surface area contributed by atoms with Gasteiger partial charge in [-0.2, -0.15) is 18.2 Å². The Morgan fingerprint density at radius 2 is 1.88 bits per heavy atom. The third-order valence-corrected chi connectivity index (χ3v) is 8.08. The van der Waals surface area contributed by atoms with Crippen LogP contribution in [0, 0.1) is 5.21 Å². The van der Waals surface area contributed by atoms with Gasteiger partial charge in [0.25, 0.3) is 11.7 Å². The van der Waals surface area contributed by atoms with E-state index in [2.05, 4.69) is 20.6 Å². The quantitative estimate of drug-likeness (QED) is 0.177. The van der Waals surface area contributed by atoms with E-state index in [1.807, 2.05) is 0 Å². The van der Waals surface area contributed by atoms with Crippen LogP contribution in [0.4, 0.5) is 36.4 Å². The molecular formula is C25H28F3N6O6P.